The Bertz CT molecular complexity index is 299. The molecule has 1 aromatic rings. The third-order valence-electron chi connectivity index (χ3n) is 1.20. The Morgan fingerprint density at radius 2 is 2.67 bits per heavy atom. The number of nitriles is 1. The normalized spacial score (nSPS) is 11.7. The minimum absolute atomic E-state index is 0.108. The molecular weight excluding hydrogens is 158 g/mol. The van der Waals surface area contributed by atoms with Crippen molar-refractivity contribution in [1.82, 2.24) is 10.3 Å². The van der Waals surface area contributed by atoms with Gasteiger partial charge in [-0.2, -0.15) is 5.26 Å². The standard InChI is InChI=1S/C7H7N3O2/c1-5(2-8)10-7(11)6-3-9-4-12-6/h3-5H,1H3,(H,10,11). The molecule has 1 heterocycles. The molecule has 0 bridgehead atoms. The van der Waals surface area contributed by atoms with Crippen molar-refractivity contribution >= 4 is 5.91 Å². The highest BCUT2D eigenvalue weighted by Crippen LogP contribution is 1.96. The highest BCUT2D eigenvalue weighted by Gasteiger charge is 2.11. The van der Waals surface area contributed by atoms with Crippen LogP contribution in [0.1, 0.15) is 17.5 Å². The van der Waals surface area contributed by atoms with E-state index >= 15 is 0 Å². The van der Waals surface area contributed by atoms with Gasteiger partial charge in [-0.1, -0.05) is 0 Å². The molecule has 0 radical (unpaired) electrons. The summed E-state index contributed by atoms with van der Waals surface area (Å²) in [6.45, 7) is 1.58. The summed E-state index contributed by atoms with van der Waals surface area (Å²) in [7, 11) is 0. The van der Waals surface area contributed by atoms with Gasteiger partial charge in [0.2, 0.25) is 5.76 Å². The molecule has 0 aliphatic heterocycles. The summed E-state index contributed by atoms with van der Waals surface area (Å²) < 4.78 is 4.71. The fourth-order valence-electron chi connectivity index (χ4n) is 0.628. The highest BCUT2D eigenvalue weighted by molar-refractivity contribution is 5.91. The second-order valence-corrected chi connectivity index (χ2v) is 2.19. The van der Waals surface area contributed by atoms with E-state index in [4.69, 9.17) is 9.68 Å². The lowest BCUT2D eigenvalue weighted by molar-refractivity contribution is 0.0920. The van der Waals surface area contributed by atoms with Crippen molar-refractivity contribution in [2.45, 2.75) is 13.0 Å². The fraction of sp³-hybridized carbons (Fsp3) is 0.286. The Labute approximate surface area is 69.0 Å². The van der Waals surface area contributed by atoms with Crippen molar-refractivity contribution < 1.29 is 9.21 Å². The zero-order chi connectivity index (χ0) is 8.97. The lowest BCUT2D eigenvalue weighted by Crippen LogP contribution is -2.30. The number of aromatic nitrogens is 1. The fourth-order valence-corrected chi connectivity index (χ4v) is 0.628. The lowest BCUT2D eigenvalue weighted by atomic mass is 10.3. The molecule has 0 saturated carbocycles. The molecule has 0 aliphatic rings. The Morgan fingerprint density at radius 3 is 3.17 bits per heavy atom. The van der Waals surface area contributed by atoms with Gasteiger partial charge in [0.25, 0.3) is 5.91 Å². The maximum atomic E-state index is 11.1. The molecule has 0 aliphatic carbocycles. The van der Waals surface area contributed by atoms with Crippen LogP contribution in [0.3, 0.4) is 0 Å². The summed E-state index contributed by atoms with van der Waals surface area (Å²) in [6, 6.07) is 1.34. The van der Waals surface area contributed by atoms with Crippen LogP contribution in [0.4, 0.5) is 0 Å². The Morgan fingerprint density at radius 1 is 1.92 bits per heavy atom. The van der Waals surface area contributed by atoms with Crippen LogP contribution >= 0.6 is 0 Å². The van der Waals surface area contributed by atoms with Crippen molar-refractivity contribution in [1.29, 1.82) is 5.26 Å². The van der Waals surface area contributed by atoms with E-state index in [1.54, 1.807) is 6.92 Å². The smallest absolute Gasteiger partial charge is 0.289 e. The number of nitrogens with zero attached hydrogens (tertiary/aromatic N) is 2. The molecule has 1 atom stereocenters. The first-order valence-corrected chi connectivity index (χ1v) is 3.33. The minimum atomic E-state index is -0.525. The van der Waals surface area contributed by atoms with Crippen molar-refractivity contribution in [2.75, 3.05) is 0 Å². The molecule has 62 valence electrons. The quantitative estimate of drug-likeness (QED) is 0.684. The van der Waals surface area contributed by atoms with E-state index in [-0.39, 0.29) is 5.76 Å². The summed E-state index contributed by atoms with van der Waals surface area (Å²) in [5, 5.41) is 10.8. The van der Waals surface area contributed by atoms with Gasteiger partial charge < -0.3 is 9.73 Å². The van der Waals surface area contributed by atoms with E-state index in [0.29, 0.717) is 0 Å². The third-order valence-corrected chi connectivity index (χ3v) is 1.20. The maximum absolute atomic E-state index is 11.1. The van der Waals surface area contributed by atoms with E-state index in [9.17, 15) is 4.79 Å². The molecule has 0 aromatic carbocycles. The first-order chi connectivity index (χ1) is 5.74. The number of oxazole rings is 1. The lowest BCUT2D eigenvalue weighted by Gasteiger charge is -2.01. The van der Waals surface area contributed by atoms with E-state index in [2.05, 4.69) is 10.3 Å². The monoisotopic (exact) mass is 165 g/mol. The van der Waals surface area contributed by atoms with Gasteiger partial charge in [0.15, 0.2) is 6.39 Å². The number of amides is 1. The molecule has 1 amide bonds. The number of hydrogen-bond acceptors (Lipinski definition) is 4. The second kappa shape index (κ2) is 3.53. The van der Waals surface area contributed by atoms with Crippen LogP contribution in [-0.2, 0) is 0 Å². The van der Waals surface area contributed by atoms with Gasteiger partial charge in [-0.3, -0.25) is 4.79 Å². The number of rotatable bonds is 2. The summed E-state index contributed by atoms with van der Waals surface area (Å²) in [5.74, 6) is -0.321. The summed E-state index contributed by atoms with van der Waals surface area (Å²) in [5.41, 5.74) is 0. The second-order valence-electron chi connectivity index (χ2n) is 2.19. The van der Waals surface area contributed by atoms with Crippen LogP contribution in [0.15, 0.2) is 17.0 Å². The zero-order valence-corrected chi connectivity index (χ0v) is 6.44. The molecule has 1 rings (SSSR count). The number of carbonyl (C=O) groups excluding carboxylic acids is 1. The molecule has 1 N–H and O–H groups in total. The van der Waals surface area contributed by atoms with Gasteiger partial charge in [0, 0.05) is 0 Å². The predicted octanol–water partition coefficient (Wildman–Crippen LogP) is 0.316. The van der Waals surface area contributed by atoms with Gasteiger partial charge in [0.05, 0.1) is 12.3 Å². The Balaban J connectivity index is 2.57. The van der Waals surface area contributed by atoms with Crippen LogP contribution in [0.25, 0.3) is 0 Å². The topological polar surface area (TPSA) is 78.9 Å². The zero-order valence-electron chi connectivity index (χ0n) is 6.44. The average molecular weight is 165 g/mol. The molecule has 0 saturated heterocycles. The number of hydrogen-bond donors (Lipinski definition) is 1. The summed E-state index contributed by atoms with van der Waals surface area (Å²) in [4.78, 5) is 14.6. The molecule has 5 nitrogen and oxygen atoms in total. The molecule has 1 unspecified atom stereocenters. The SMILES string of the molecule is CC(C#N)NC(=O)c1cnco1. The van der Waals surface area contributed by atoms with Gasteiger partial charge >= 0.3 is 0 Å². The van der Waals surface area contributed by atoms with Gasteiger partial charge in [-0.25, -0.2) is 4.98 Å². The first-order valence-electron chi connectivity index (χ1n) is 3.33. The average Bonchev–Trinajstić information content (AvgIpc) is 2.56. The molecule has 5 heteroatoms. The highest BCUT2D eigenvalue weighted by atomic mass is 16.3. The number of carbonyl (C=O) groups is 1. The molecule has 0 fully saturated rings. The summed E-state index contributed by atoms with van der Waals surface area (Å²) >= 11 is 0. The van der Waals surface area contributed by atoms with Crippen molar-refractivity contribution in [3.8, 4) is 6.07 Å². The van der Waals surface area contributed by atoms with Crippen LogP contribution in [-0.4, -0.2) is 16.9 Å². The van der Waals surface area contributed by atoms with Crippen LogP contribution < -0.4 is 5.32 Å². The van der Waals surface area contributed by atoms with Crippen LogP contribution in [0, 0.1) is 11.3 Å². The number of nitrogens with one attached hydrogen (secondary N) is 1. The van der Waals surface area contributed by atoms with Gasteiger partial charge in [-0.05, 0) is 6.92 Å². The molecule has 1 aromatic heterocycles. The minimum Gasteiger partial charge on any atom is -0.438 e. The summed E-state index contributed by atoms with van der Waals surface area (Å²) in [6.07, 6.45) is 2.45. The maximum Gasteiger partial charge on any atom is 0.289 e. The van der Waals surface area contributed by atoms with Crippen molar-refractivity contribution in [3.63, 3.8) is 0 Å². The molecular formula is C7H7N3O2. The van der Waals surface area contributed by atoms with Gasteiger partial charge in [-0.15, -0.1) is 0 Å². The first kappa shape index (κ1) is 8.27. The predicted molar refractivity (Wildman–Crippen MR) is 39.0 cm³/mol. The van der Waals surface area contributed by atoms with E-state index in [0.717, 1.165) is 6.39 Å². The molecule has 12 heavy (non-hydrogen) atoms. The van der Waals surface area contributed by atoms with Crippen LogP contribution in [0.2, 0.25) is 0 Å². The van der Waals surface area contributed by atoms with Gasteiger partial charge in [0.1, 0.15) is 6.04 Å². The van der Waals surface area contributed by atoms with Crippen molar-refractivity contribution in [3.05, 3.63) is 18.4 Å². The van der Waals surface area contributed by atoms with Crippen LogP contribution in [0.5, 0.6) is 0 Å². The van der Waals surface area contributed by atoms with E-state index in [1.807, 2.05) is 6.07 Å². The largest absolute Gasteiger partial charge is 0.438 e. The van der Waals surface area contributed by atoms with Crippen molar-refractivity contribution in [2.24, 2.45) is 0 Å². The van der Waals surface area contributed by atoms with E-state index in [1.165, 1.54) is 6.20 Å². The van der Waals surface area contributed by atoms with E-state index < -0.39 is 11.9 Å². The Kier molecular flexibility index (Phi) is 2.43. The molecule has 0 spiro atoms. The Hall–Kier alpha value is -1.83. The third kappa shape index (κ3) is 1.83.